The van der Waals surface area contributed by atoms with Gasteiger partial charge in [-0.15, -0.1) is 0 Å². The molecule has 1 fully saturated rings. The molecule has 1 aromatic heterocycles. The third kappa shape index (κ3) is 2.28. The summed E-state index contributed by atoms with van der Waals surface area (Å²) < 4.78 is 1.64. The van der Waals surface area contributed by atoms with Crippen LogP contribution in [0.3, 0.4) is 0 Å². The number of nitrogens with two attached hydrogens (primary N) is 1. The lowest BCUT2D eigenvalue weighted by molar-refractivity contribution is 0.0920. The summed E-state index contributed by atoms with van der Waals surface area (Å²) in [6.07, 6.45) is 4.98. The average molecular weight is 236 g/mol. The van der Waals surface area contributed by atoms with Crippen LogP contribution >= 0.6 is 0 Å². The number of carbonyl (C=O) groups is 1. The molecule has 0 bridgehead atoms. The second kappa shape index (κ2) is 4.77. The van der Waals surface area contributed by atoms with E-state index in [-0.39, 0.29) is 11.9 Å². The van der Waals surface area contributed by atoms with E-state index in [0.29, 0.717) is 23.8 Å². The van der Waals surface area contributed by atoms with E-state index < -0.39 is 0 Å². The van der Waals surface area contributed by atoms with E-state index in [1.54, 1.807) is 4.68 Å². The predicted molar refractivity (Wildman–Crippen MR) is 66.6 cm³/mol. The lowest BCUT2D eigenvalue weighted by Gasteiger charge is -2.17. The molecule has 0 aliphatic heterocycles. The largest absolute Gasteiger partial charge is 0.396 e. The Labute approximate surface area is 101 Å². The number of aromatic nitrogens is 2. The maximum absolute atomic E-state index is 12.2. The van der Waals surface area contributed by atoms with Gasteiger partial charge in [0.15, 0.2) is 0 Å². The Morgan fingerprint density at radius 1 is 1.65 bits per heavy atom. The van der Waals surface area contributed by atoms with E-state index in [0.717, 1.165) is 6.42 Å². The van der Waals surface area contributed by atoms with Crippen molar-refractivity contribution in [1.29, 1.82) is 0 Å². The van der Waals surface area contributed by atoms with Crippen LogP contribution in [0.25, 0.3) is 0 Å². The molecule has 2 unspecified atom stereocenters. The van der Waals surface area contributed by atoms with Gasteiger partial charge >= 0.3 is 0 Å². The Hall–Kier alpha value is -1.52. The van der Waals surface area contributed by atoms with Crippen molar-refractivity contribution in [2.45, 2.75) is 45.7 Å². The highest BCUT2D eigenvalue weighted by molar-refractivity contribution is 5.97. The monoisotopic (exact) mass is 236 g/mol. The van der Waals surface area contributed by atoms with Gasteiger partial charge in [-0.25, -0.2) is 0 Å². The van der Waals surface area contributed by atoms with Crippen molar-refractivity contribution >= 4 is 11.6 Å². The quantitative estimate of drug-likeness (QED) is 0.833. The highest BCUT2D eigenvalue weighted by atomic mass is 16.2. The van der Waals surface area contributed by atoms with Gasteiger partial charge in [-0.3, -0.25) is 9.48 Å². The van der Waals surface area contributed by atoms with Crippen LogP contribution in [0, 0.1) is 5.92 Å². The predicted octanol–water partition coefficient (Wildman–Crippen LogP) is 1.40. The smallest absolute Gasteiger partial charge is 0.271 e. The lowest BCUT2D eigenvalue weighted by Crippen LogP contribution is -2.37. The normalized spacial score (nSPS) is 23.9. The fourth-order valence-corrected chi connectivity index (χ4v) is 2.48. The number of rotatable bonds is 3. The number of amides is 1. The van der Waals surface area contributed by atoms with Crippen molar-refractivity contribution in [3.8, 4) is 0 Å². The third-order valence-electron chi connectivity index (χ3n) is 3.56. The zero-order valence-corrected chi connectivity index (χ0v) is 10.4. The Morgan fingerprint density at radius 2 is 2.41 bits per heavy atom. The van der Waals surface area contributed by atoms with Crippen molar-refractivity contribution in [2.24, 2.45) is 5.92 Å². The molecule has 1 heterocycles. The molecule has 17 heavy (non-hydrogen) atoms. The molecule has 1 aromatic rings. The molecule has 0 aromatic carbocycles. The third-order valence-corrected chi connectivity index (χ3v) is 3.56. The first-order valence-electron chi connectivity index (χ1n) is 6.25. The summed E-state index contributed by atoms with van der Waals surface area (Å²) in [4.78, 5) is 12.2. The van der Waals surface area contributed by atoms with Gasteiger partial charge in [0.25, 0.3) is 5.91 Å². The van der Waals surface area contributed by atoms with Crippen LogP contribution in [-0.4, -0.2) is 21.7 Å². The van der Waals surface area contributed by atoms with Gasteiger partial charge < -0.3 is 11.1 Å². The van der Waals surface area contributed by atoms with E-state index >= 15 is 0 Å². The molecule has 0 spiro atoms. The van der Waals surface area contributed by atoms with E-state index in [1.165, 1.54) is 19.0 Å². The van der Waals surface area contributed by atoms with Gasteiger partial charge in [0.05, 0.1) is 11.9 Å². The molecule has 5 heteroatoms. The molecular weight excluding hydrogens is 216 g/mol. The number of carbonyl (C=O) groups excluding carboxylic acids is 1. The first kappa shape index (κ1) is 12.0. The van der Waals surface area contributed by atoms with Crippen molar-refractivity contribution in [3.05, 3.63) is 11.9 Å². The summed E-state index contributed by atoms with van der Waals surface area (Å²) in [6.45, 7) is 4.78. The summed E-state index contributed by atoms with van der Waals surface area (Å²) in [5, 5.41) is 7.15. The van der Waals surface area contributed by atoms with E-state index in [2.05, 4.69) is 17.3 Å². The van der Waals surface area contributed by atoms with Gasteiger partial charge in [0.2, 0.25) is 0 Å². The highest BCUT2D eigenvalue weighted by Crippen LogP contribution is 2.25. The number of anilines is 1. The minimum atomic E-state index is -0.0967. The van der Waals surface area contributed by atoms with Crippen LogP contribution in [0.4, 0.5) is 5.69 Å². The minimum Gasteiger partial charge on any atom is -0.396 e. The van der Waals surface area contributed by atoms with Crippen molar-refractivity contribution in [3.63, 3.8) is 0 Å². The topological polar surface area (TPSA) is 72.9 Å². The zero-order valence-electron chi connectivity index (χ0n) is 10.4. The van der Waals surface area contributed by atoms with Gasteiger partial charge in [-0.1, -0.05) is 13.3 Å². The van der Waals surface area contributed by atoms with Crippen LogP contribution in [-0.2, 0) is 6.54 Å². The van der Waals surface area contributed by atoms with Gasteiger partial charge in [0, 0.05) is 12.6 Å². The molecule has 94 valence electrons. The van der Waals surface area contributed by atoms with E-state index in [4.69, 9.17) is 5.73 Å². The first-order chi connectivity index (χ1) is 8.13. The van der Waals surface area contributed by atoms with Gasteiger partial charge in [-0.2, -0.15) is 5.10 Å². The summed E-state index contributed by atoms with van der Waals surface area (Å²) in [5.41, 5.74) is 6.73. The number of nitrogens with zero attached hydrogens (tertiary/aromatic N) is 2. The fraction of sp³-hybridized carbons (Fsp3) is 0.667. The van der Waals surface area contributed by atoms with Crippen LogP contribution in [0.2, 0.25) is 0 Å². The molecule has 1 aliphatic carbocycles. The summed E-state index contributed by atoms with van der Waals surface area (Å²) >= 11 is 0. The molecule has 0 saturated heterocycles. The number of hydrogen-bond donors (Lipinski definition) is 2. The zero-order chi connectivity index (χ0) is 12.4. The highest BCUT2D eigenvalue weighted by Gasteiger charge is 2.26. The summed E-state index contributed by atoms with van der Waals surface area (Å²) in [7, 11) is 0. The molecule has 5 nitrogen and oxygen atoms in total. The maximum Gasteiger partial charge on any atom is 0.271 e. The van der Waals surface area contributed by atoms with Gasteiger partial charge in [0.1, 0.15) is 5.69 Å². The van der Waals surface area contributed by atoms with E-state index in [9.17, 15) is 4.79 Å². The van der Waals surface area contributed by atoms with Crippen LogP contribution in [0.5, 0.6) is 0 Å². The molecular formula is C12H20N4O. The number of nitrogen functional groups attached to an aromatic ring is 1. The number of aryl methyl sites for hydroxylation is 1. The molecule has 2 rings (SSSR count). The summed E-state index contributed by atoms with van der Waals surface area (Å²) in [5.74, 6) is 0.457. The second-order valence-corrected chi connectivity index (χ2v) is 4.75. The standard InChI is InChI=1S/C12H20N4O/c1-3-16-11(9(13)7-14-16)12(17)15-10-6-4-5-8(10)2/h7-8,10H,3-6,13H2,1-2H3,(H,15,17). The Kier molecular flexibility index (Phi) is 3.36. The second-order valence-electron chi connectivity index (χ2n) is 4.75. The fourth-order valence-electron chi connectivity index (χ4n) is 2.48. The Morgan fingerprint density at radius 3 is 3.00 bits per heavy atom. The molecule has 2 atom stereocenters. The SMILES string of the molecule is CCn1ncc(N)c1C(=O)NC1CCCC1C. The minimum absolute atomic E-state index is 0.0967. The van der Waals surface area contributed by atoms with Gasteiger partial charge in [-0.05, 0) is 25.7 Å². The molecule has 1 aliphatic rings. The van der Waals surface area contributed by atoms with Crippen molar-refractivity contribution < 1.29 is 4.79 Å². The van der Waals surface area contributed by atoms with Crippen LogP contribution in [0.1, 0.15) is 43.6 Å². The van der Waals surface area contributed by atoms with Crippen molar-refractivity contribution in [1.82, 2.24) is 15.1 Å². The first-order valence-corrected chi connectivity index (χ1v) is 6.25. The Bertz CT molecular complexity index is 413. The summed E-state index contributed by atoms with van der Waals surface area (Å²) in [6, 6.07) is 0.280. The van der Waals surface area contributed by atoms with E-state index in [1.807, 2.05) is 6.92 Å². The lowest BCUT2D eigenvalue weighted by atomic mass is 10.1. The van der Waals surface area contributed by atoms with Crippen LogP contribution < -0.4 is 11.1 Å². The Balaban J connectivity index is 2.11. The number of hydrogen-bond acceptors (Lipinski definition) is 3. The molecule has 1 saturated carbocycles. The van der Waals surface area contributed by atoms with Crippen molar-refractivity contribution in [2.75, 3.05) is 5.73 Å². The molecule has 3 N–H and O–H groups in total. The average Bonchev–Trinajstić information content (AvgIpc) is 2.85. The maximum atomic E-state index is 12.2. The molecule has 1 amide bonds. The molecule has 0 radical (unpaired) electrons. The number of nitrogens with one attached hydrogen (secondary N) is 1. The van der Waals surface area contributed by atoms with Crippen LogP contribution in [0.15, 0.2) is 6.20 Å².